The van der Waals surface area contributed by atoms with Gasteiger partial charge in [-0.25, -0.2) is 4.98 Å². The molecule has 0 radical (unpaired) electrons. The maximum absolute atomic E-state index is 5.72. The molecule has 2 aromatic rings. The van der Waals surface area contributed by atoms with Gasteiger partial charge in [0.05, 0.1) is 0 Å². The molecule has 2 N–H and O–H groups in total. The van der Waals surface area contributed by atoms with Crippen molar-refractivity contribution in [3.05, 3.63) is 53.7 Å². The number of anilines is 2. The van der Waals surface area contributed by atoms with Gasteiger partial charge in [0.1, 0.15) is 5.82 Å². The van der Waals surface area contributed by atoms with E-state index in [4.69, 9.17) is 5.73 Å². The van der Waals surface area contributed by atoms with Crippen molar-refractivity contribution in [2.45, 2.75) is 13.0 Å². The zero-order valence-corrected chi connectivity index (χ0v) is 9.63. The minimum atomic E-state index is 0.585. The lowest BCUT2D eigenvalue weighted by Gasteiger charge is -2.30. The number of pyridine rings is 1. The molecule has 1 aliphatic rings. The second-order valence-electron chi connectivity index (χ2n) is 4.38. The third kappa shape index (κ3) is 1.96. The van der Waals surface area contributed by atoms with Gasteiger partial charge in [-0.05, 0) is 23.6 Å². The molecule has 0 fully saturated rings. The molecular formula is C14H15N3. The Kier molecular flexibility index (Phi) is 2.44. The van der Waals surface area contributed by atoms with E-state index in [0.29, 0.717) is 5.82 Å². The minimum Gasteiger partial charge on any atom is -0.384 e. The van der Waals surface area contributed by atoms with Gasteiger partial charge in [0, 0.05) is 31.0 Å². The molecule has 1 aromatic heterocycles. The normalized spacial score (nSPS) is 14.5. The van der Waals surface area contributed by atoms with Crippen LogP contribution in [0.1, 0.15) is 11.1 Å². The molecule has 0 spiro atoms. The van der Waals surface area contributed by atoms with Crippen LogP contribution in [0.3, 0.4) is 0 Å². The summed E-state index contributed by atoms with van der Waals surface area (Å²) in [7, 11) is 0. The average Bonchev–Trinajstić information content (AvgIpc) is 2.38. The Morgan fingerprint density at radius 3 is 2.76 bits per heavy atom. The quantitative estimate of drug-likeness (QED) is 0.809. The number of nitrogens with zero attached hydrogens (tertiary/aromatic N) is 2. The number of fused-ring (bicyclic) bond motifs is 1. The molecule has 0 bridgehead atoms. The van der Waals surface area contributed by atoms with E-state index in [1.807, 2.05) is 12.1 Å². The van der Waals surface area contributed by atoms with E-state index in [-0.39, 0.29) is 0 Å². The van der Waals surface area contributed by atoms with Crippen LogP contribution in [0.4, 0.5) is 11.5 Å². The van der Waals surface area contributed by atoms with Crippen LogP contribution in [0.25, 0.3) is 0 Å². The minimum absolute atomic E-state index is 0.585. The van der Waals surface area contributed by atoms with Crippen molar-refractivity contribution in [1.29, 1.82) is 0 Å². The van der Waals surface area contributed by atoms with E-state index in [2.05, 4.69) is 34.1 Å². The van der Waals surface area contributed by atoms with Crippen LogP contribution in [-0.2, 0) is 13.0 Å². The first-order chi connectivity index (χ1) is 8.33. The van der Waals surface area contributed by atoms with Crippen LogP contribution in [0.2, 0.25) is 0 Å². The van der Waals surface area contributed by atoms with Crippen LogP contribution in [0.15, 0.2) is 42.6 Å². The summed E-state index contributed by atoms with van der Waals surface area (Å²) in [5.74, 6) is 0.585. The zero-order chi connectivity index (χ0) is 11.7. The van der Waals surface area contributed by atoms with Crippen molar-refractivity contribution in [3.63, 3.8) is 0 Å². The van der Waals surface area contributed by atoms with Gasteiger partial charge in [0.15, 0.2) is 0 Å². The van der Waals surface area contributed by atoms with E-state index < -0.39 is 0 Å². The first kappa shape index (κ1) is 10.1. The lowest BCUT2D eigenvalue weighted by atomic mass is 9.99. The highest BCUT2D eigenvalue weighted by Crippen LogP contribution is 2.24. The first-order valence-corrected chi connectivity index (χ1v) is 5.86. The second kappa shape index (κ2) is 4.09. The smallest absolute Gasteiger partial charge is 0.125 e. The predicted molar refractivity (Wildman–Crippen MR) is 69.8 cm³/mol. The molecule has 3 rings (SSSR count). The van der Waals surface area contributed by atoms with Gasteiger partial charge in [-0.15, -0.1) is 0 Å². The molecule has 0 unspecified atom stereocenters. The van der Waals surface area contributed by atoms with Crippen molar-refractivity contribution >= 4 is 11.5 Å². The van der Waals surface area contributed by atoms with E-state index in [9.17, 15) is 0 Å². The van der Waals surface area contributed by atoms with Crippen molar-refractivity contribution in [2.75, 3.05) is 17.2 Å². The number of benzene rings is 1. The molecule has 2 heterocycles. The molecule has 0 atom stereocenters. The maximum Gasteiger partial charge on any atom is 0.125 e. The molecule has 0 aliphatic carbocycles. The predicted octanol–water partition coefficient (Wildman–Crippen LogP) is 2.23. The largest absolute Gasteiger partial charge is 0.384 e. The van der Waals surface area contributed by atoms with Gasteiger partial charge in [-0.1, -0.05) is 24.3 Å². The third-order valence-electron chi connectivity index (χ3n) is 3.26. The van der Waals surface area contributed by atoms with Crippen molar-refractivity contribution < 1.29 is 0 Å². The Hall–Kier alpha value is -2.03. The monoisotopic (exact) mass is 225 g/mol. The number of aromatic nitrogens is 1. The van der Waals surface area contributed by atoms with Crippen LogP contribution in [-0.4, -0.2) is 11.5 Å². The topological polar surface area (TPSA) is 42.1 Å². The Morgan fingerprint density at radius 1 is 1.12 bits per heavy atom. The molecule has 0 saturated carbocycles. The van der Waals surface area contributed by atoms with Gasteiger partial charge in [-0.3, -0.25) is 0 Å². The summed E-state index contributed by atoms with van der Waals surface area (Å²) in [5.41, 5.74) is 9.76. The van der Waals surface area contributed by atoms with Gasteiger partial charge in [-0.2, -0.15) is 0 Å². The number of hydrogen-bond acceptors (Lipinski definition) is 3. The fourth-order valence-corrected chi connectivity index (χ4v) is 2.35. The summed E-state index contributed by atoms with van der Waals surface area (Å²) in [4.78, 5) is 6.38. The molecule has 0 amide bonds. The fraction of sp³-hybridized carbons (Fsp3) is 0.214. The van der Waals surface area contributed by atoms with Crippen LogP contribution < -0.4 is 10.6 Å². The van der Waals surface area contributed by atoms with Crippen molar-refractivity contribution in [1.82, 2.24) is 4.98 Å². The Morgan fingerprint density at radius 2 is 1.94 bits per heavy atom. The Labute approximate surface area is 101 Å². The molecule has 3 heteroatoms. The average molecular weight is 225 g/mol. The molecule has 3 nitrogen and oxygen atoms in total. The van der Waals surface area contributed by atoms with Gasteiger partial charge >= 0.3 is 0 Å². The van der Waals surface area contributed by atoms with Crippen molar-refractivity contribution in [3.8, 4) is 0 Å². The number of nitrogens with two attached hydrogens (primary N) is 1. The molecule has 17 heavy (non-hydrogen) atoms. The van der Waals surface area contributed by atoms with E-state index >= 15 is 0 Å². The van der Waals surface area contributed by atoms with Crippen molar-refractivity contribution in [2.24, 2.45) is 0 Å². The molecule has 86 valence electrons. The van der Waals surface area contributed by atoms with Gasteiger partial charge in [0.25, 0.3) is 0 Å². The summed E-state index contributed by atoms with van der Waals surface area (Å²) in [6, 6.07) is 12.6. The molecule has 1 aromatic carbocycles. The highest BCUT2D eigenvalue weighted by atomic mass is 15.1. The second-order valence-corrected chi connectivity index (χ2v) is 4.38. The van der Waals surface area contributed by atoms with Crippen LogP contribution in [0.5, 0.6) is 0 Å². The fourth-order valence-electron chi connectivity index (χ4n) is 2.35. The summed E-state index contributed by atoms with van der Waals surface area (Å²) in [5, 5.41) is 0. The van der Waals surface area contributed by atoms with E-state index in [1.165, 1.54) is 11.1 Å². The molecular weight excluding hydrogens is 210 g/mol. The highest BCUT2D eigenvalue weighted by molar-refractivity contribution is 5.53. The highest BCUT2D eigenvalue weighted by Gasteiger charge is 2.15. The molecule has 0 saturated heterocycles. The Bertz CT molecular complexity index is 536. The summed E-state index contributed by atoms with van der Waals surface area (Å²) < 4.78 is 0. The summed E-state index contributed by atoms with van der Waals surface area (Å²) in [6.45, 7) is 2.00. The Balaban J connectivity index is 1.89. The maximum atomic E-state index is 5.72. The summed E-state index contributed by atoms with van der Waals surface area (Å²) >= 11 is 0. The third-order valence-corrected chi connectivity index (χ3v) is 3.26. The zero-order valence-electron chi connectivity index (χ0n) is 9.63. The van der Waals surface area contributed by atoms with Crippen LogP contribution in [0, 0.1) is 0 Å². The lowest BCUT2D eigenvalue weighted by molar-refractivity contribution is 0.731. The number of hydrogen-bond donors (Lipinski definition) is 1. The lowest BCUT2D eigenvalue weighted by Crippen LogP contribution is -2.30. The van der Waals surface area contributed by atoms with Crippen LogP contribution >= 0.6 is 0 Å². The van der Waals surface area contributed by atoms with E-state index in [0.717, 1.165) is 25.2 Å². The SMILES string of the molecule is Nc1cc(N2CCc3ccccc3C2)ccn1. The van der Waals surface area contributed by atoms with Gasteiger partial charge in [0.2, 0.25) is 0 Å². The summed E-state index contributed by atoms with van der Waals surface area (Å²) in [6.07, 6.45) is 2.86. The first-order valence-electron chi connectivity index (χ1n) is 5.86. The number of nitrogen functional groups attached to an aromatic ring is 1. The number of rotatable bonds is 1. The molecule has 1 aliphatic heterocycles. The van der Waals surface area contributed by atoms with E-state index in [1.54, 1.807) is 6.20 Å². The standard InChI is InChI=1S/C14H15N3/c15-14-9-13(5-7-16-14)17-8-6-11-3-1-2-4-12(11)10-17/h1-5,7,9H,6,8,10H2,(H2,15,16). The van der Waals surface area contributed by atoms with Gasteiger partial charge < -0.3 is 10.6 Å².